The summed E-state index contributed by atoms with van der Waals surface area (Å²) in [5.41, 5.74) is 0.850. The van der Waals surface area contributed by atoms with Crippen LogP contribution in [-0.2, 0) is 38.6 Å². The SMILES string of the molecule is CCC(NC(=O)OCc1ccccc1)C(=O)Cn1nnc(CCC(=O)OC)n1. The highest BCUT2D eigenvalue weighted by Crippen LogP contribution is 2.02. The van der Waals surface area contributed by atoms with Crippen molar-refractivity contribution in [3.8, 4) is 0 Å². The summed E-state index contributed by atoms with van der Waals surface area (Å²) in [6.07, 6.45) is 0.114. The van der Waals surface area contributed by atoms with E-state index in [-0.39, 0.29) is 37.7 Å². The van der Waals surface area contributed by atoms with Crippen molar-refractivity contribution in [3.63, 3.8) is 0 Å². The molecule has 10 heteroatoms. The number of alkyl carbamates (subject to hydrolysis) is 1. The Labute approximate surface area is 162 Å². The van der Waals surface area contributed by atoms with E-state index in [9.17, 15) is 14.4 Å². The molecule has 2 rings (SSSR count). The van der Waals surface area contributed by atoms with Gasteiger partial charge in [0.2, 0.25) is 0 Å². The summed E-state index contributed by atoms with van der Waals surface area (Å²) < 4.78 is 9.68. The van der Waals surface area contributed by atoms with Crippen LogP contribution in [-0.4, -0.2) is 51.2 Å². The second-order valence-corrected chi connectivity index (χ2v) is 5.95. The third-order valence-corrected chi connectivity index (χ3v) is 3.87. The van der Waals surface area contributed by atoms with Gasteiger partial charge in [0.25, 0.3) is 0 Å². The van der Waals surface area contributed by atoms with Crippen molar-refractivity contribution >= 4 is 17.8 Å². The van der Waals surface area contributed by atoms with E-state index in [0.717, 1.165) is 10.4 Å². The molecule has 2 aromatic rings. The fraction of sp³-hybridized carbons (Fsp3) is 0.444. The Morgan fingerprint density at radius 1 is 1.21 bits per heavy atom. The van der Waals surface area contributed by atoms with E-state index >= 15 is 0 Å². The molecule has 1 atom stereocenters. The van der Waals surface area contributed by atoms with Gasteiger partial charge in [-0.1, -0.05) is 37.3 Å². The molecule has 0 aliphatic heterocycles. The molecule has 10 nitrogen and oxygen atoms in total. The average molecular weight is 389 g/mol. The van der Waals surface area contributed by atoms with E-state index < -0.39 is 12.1 Å². The van der Waals surface area contributed by atoms with Crippen molar-refractivity contribution in [2.75, 3.05) is 7.11 Å². The molecule has 1 N–H and O–H groups in total. The minimum atomic E-state index is -0.729. The Bertz CT molecular complexity index is 793. The molecule has 0 aliphatic rings. The first-order chi connectivity index (χ1) is 13.5. The zero-order valence-corrected chi connectivity index (χ0v) is 15.8. The van der Waals surface area contributed by atoms with Crippen LogP contribution in [0.3, 0.4) is 0 Å². The number of esters is 1. The Hall–Kier alpha value is -3.30. The molecular weight excluding hydrogens is 366 g/mol. The first-order valence-corrected chi connectivity index (χ1v) is 8.85. The Balaban J connectivity index is 1.81. The first kappa shape index (κ1) is 21.0. The molecule has 0 radical (unpaired) electrons. The van der Waals surface area contributed by atoms with E-state index in [0.29, 0.717) is 12.2 Å². The Kier molecular flexibility index (Phi) is 8.07. The van der Waals surface area contributed by atoms with Gasteiger partial charge in [0.15, 0.2) is 11.6 Å². The number of hydrogen-bond donors (Lipinski definition) is 1. The summed E-state index contributed by atoms with van der Waals surface area (Å²) in [4.78, 5) is 36.6. The van der Waals surface area contributed by atoms with Crippen LogP contribution in [0.5, 0.6) is 0 Å². The molecule has 1 aromatic heterocycles. The van der Waals surface area contributed by atoms with Crippen LogP contribution in [0.25, 0.3) is 0 Å². The molecular formula is C18H23N5O5. The van der Waals surface area contributed by atoms with Gasteiger partial charge in [-0.3, -0.25) is 9.59 Å². The van der Waals surface area contributed by atoms with E-state index in [1.807, 2.05) is 30.3 Å². The highest BCUT2D eigenvalue weighted by molar-refractivity contribution is 5.87. The number of carbonyl (C=O) groups is 3. The largest absolute Gasteiger partial charge is 0.469 e. The van der Waals surface area contributed by atoms with Crippen LogP contribution in [0.4, 0.5) is 4.79 Å². The second kappa shape index (κ2) is 10.8. The van der Waals surface area contributed by atoms with Crippen molar-refractivity contribution in [1.82, 2.24) is 25.5 Å². The number of nitrogens with one attached hydrogen (secondary N) is 1. The lowest BCUT2D eigenvalue weighted by Gasteiger charge is -2.15. The zero-order chi connectivity index (χ0) is 20.4. The number of benzene rings is 1. The maximum atomic E-state index is 12.4. The number of ether oxygens (including phenoxy) is 2. The molecule has 0 fully saturated rings. The summed E-state index contributed by atoms with van der Waals surface area (Å²) in [7, 11) is 1.30. The number of tetrazole rings is 1. The first-order valence-electron chi connectivity index (χ1n) is 8.85. The van der Waals surface area contributed by atoms with Crippen molar-refractivity contribution in [3.05, 3.63) is 41.7 Å². The topological polar surface area (TPSA) is 125 Å². The standard InChI is InChI=1S/C18H23N5O5/c1-3-14(19-18(26)28-12-13-7-5-4-6-8-13)15(24)11-23-21-16(20-22-23)9-10-17(25)27-2/h4-8,14H,3,9-12H2,1-2H3,(H,19,26). The van der Waals surface area contributed by atoms with Crippen LogP contribution in [0.15, 0.2) is 30.3 Å². The monoisotopic (exact) mass is 389 g/mol. The number of methoxy groups -OCH3 is 1. The fourth-order valence-corrected chi connectivity index (χ4v) is 2.33. The molecule has 28 heavy (non-hydrogen) atoms. The number of ketones is 1. The second-order valence-electron chi connectivity index (χ2n) is 5.95. The van der Waals surface area contributed by atoms with E-state index in [1.54, 1.807) is 6.92 Å². The summed E-state index contributed by atoms with van der Waals surface area (Å²) >= 11 is 0. The lowest BCUT2D eigenvalue weighted by atomic mass is 10.1. The number of carbonyl (C=O) groups excluding carboxylic acids is 3. The van der Waals surface area contributed by atoms with Gasteiger partial charge >= 0.3 is 12.1 Å². The summed E-state index contributed by atoms with van der Waals surface area (Å²) in [5, 5.41) is 14.2. The minimum Gasteiger partial charge on any atom is -0.469 e. The molecule has 1 heterocycles. The maximum Gasteiger partial charge on any atom is 0.408 e. The molecule has 0 saturated heterocycles. The van der Waals surface area contributed by atoms with Gasteiger partial charge in [0.1, 0.15) is 13.2 Å². The molecule has 0 spiro atoms. The molecule has 1 aromatic carbocycles. The smallest absolute Gasteiger partial charge is 0.408 e. The highest BCUT2D eigenvalue weighted by Gasteiger charge is 2.21. The van der Waals surface area contributed by atoms with E-state index in [4.69, 9.17) is 4.74 Å². The molecule has 1 unspecified atom stereocenters. The van der Waals surface area contributed by atoms with Gasteiger partial charge in [0, 0.05) is 6.42 Å². The van der Waals surface area contributed by atoms with Crippen LogP contribution in [0.2, 0.25) is 0 Å². The maximum absolute atomic E-state index is 12.4. The number of hydrogen-bond acceptors (Lipinski definition) is 8. The van der Waals surface area contributed by atoms with Crippen LogP contribution in [0, 0.1) is 0 Å². The van der Waals surface area contributed by atoms with Gasteiger partial charge in [0.05, 0.1) is 19.6 Å². The lowest BCUT2D eigenvalue weighted by Crippen LogP contribution is -2.42. The van der Waals surface area contributed by atoms with E-state index in [1.165, 1.54) is 7.11 Å². The van der Waals surface area contributed by atoms with Crippen molar-refractivity contribution < 1.29 is 23.9 Å². The van der Waals surface area contributed by atoms with Crippen LogP contribution in [0.1, 0.15) is 31.2 Å². The highest BCUT2D eigenvalue weighted by atomic mass is 16.5. The predicted molar refractivity (Wildman–Crippen MR) is 97.0 cm³/mol. The number of nitrogens with zero attached hydrogens (tertiary/aromatic N) is 4. The number of amides is 1. The Morgan fingerprint density at radius 2 is 1.96 bits per heavy atom. The number of rotatable bonds is 10. The fourth-order valence-electron chi connectivity index (χ4n) is 2.33. The molecule has 0 saturated carbocycles. The third kappa shape index (κ3) is 6.78. The van der Waals surface area contributed by atoms with Gasteiger partial charge in [-0.15, -0.1) is 10.2 Å². The summed E-state index contributed by atoms with van der Waals surface area (Å²) in [6.45, 7) is 1.74. The third-order valence-electron chi connectivity index (χ3n) is 3.87. The molecule has 1 amide bonds. The zero-order valence-electron chi connectivity index (χ0n) is 15.8. The van der Waals surface area contributed by atoms with Crippen LogP contribution >= 0.6 is 0 Å². The van der Waals surface area contributed by atoms with Gasteiger partial charge in [-0.05, 0) is 17.2 Å². The number of aryl methyl sites for hydroxylation is 1. The van der Waals surface area contributed by atoms with Gasteiger partial charge in [-0.25, -0.2) is 4.79 Å². The van der Waals surface area contributed by atoms with Crippen molar-refractivity contribution in [1.29, 1.82) is 0 Å². The van der Waals surface area contributed by atoms with Crippen molar-refractivity contribution in [2.45, 2.75) is 45.4 Å². The molecule has 0 aliphatic carbocycles. The Morgan fingerprint density at radius 3 is 2.64 bits per heavy atom. The quantitative estimate of drug-likeness (QED) is 0.598. The normalized spacial score (nSPS) is 11.5. The van der Waals surface area contributed by atoms with Crippen molar-refractivity contribution in [2.24, 2.45) is 0 Å². The van der Waals surface area contributed by atoms with Gasteiger partial charge < -0.3 is 14.8 Å². The summed E-state index contributed by atoms with van der Waals surface area (Å²) in [5.74, 6) is -0.325. The number of Topliss-reactive ketones (excluding diaryl/α,β-unsaturated/α-hetero) is 1. The van der Waals surface area contributed by atoms with Gasteiger partial charge in [-0.2, -0.15) is 4.80 Å². The minimum absolute atomic E-state index is 0.117. The molecule has 0 bridgehead atoms. The van der Waals surface area contributed by atoms with E-state index in [2.05, 4.69) is 25.5 Å². The summed E-state index contributed by atoms with van der Waals surface area (Å²) in [6, 6.07) is 8.51. The lowest BCUT2D eigenvalue weighted by molar-refractivity contribution is -0.140. The average Bonchev–Trinajstić information content (AvgIpc) is 3.16. The molecule has 150 valence electrons. The predicted octanol–water partition coefficient (Wildman–Crippen LogP) is 1.05. The van der Waals surface area contributed by atoms with Crippen LogP contribution < -0.4 is 5.32 Å². The number of aromatic nitrogens is 4.